The second-order valence-corrected chi connectivity index (χ2v) is 5.44. The summed E-state index contributed by atoms with van der Waals surface area (Å²) in [4.78, 5) is 15.4. The molecule has 112 valence electrons. The number of rotatable bonds is 5. The molecule has 21 heavy (non-hydrogen) atoms. The van der Waals surface area contributed by atoms with Crippen LogP contribution in [0.15, 0.2) is 24.8 Å². The van der Waals surface area contributed by atoms with E-state index in [-0.39, 0.29) is 0 Å². The van der Waals surface area contributed by atoms with Crippen molar-refractivity contribution in [1.29, 1.82) is 0 Å². The molecular formula is C15H22N6. The Morgan fingerprint density at radius 3 is 2.76 bits per heavy atom. The zero-order chi connectivity index (χ0) is 14.5. The van der Waals surface area contributed by atoms with Gasteiger partial charge in [-0.3, -0.25) is 0 Å². The number of piperidine rings is 1. The fourth-order valence-corrected chi connectivity index (χ4v) is 2.68. The number of aryl methyl sites for hydroxylation is 1. The molecule has 0 unspecified atom stereocenters. The Morgan fingerprint density at radius 1 is 1.14 bits per heavy atom. The molecule has 0 radical (unpaired) electrons. The molecule has 0 aromatic carbocycles. The number of imidazole rings is 1. The maximum Gasteiger partial charge on any atom is 0.134 e. The van der Waals surface area contributed by atoms with Gasteiger partial charge in [-0.2, -0.15) is 0 Å². The van der Waals surface area contributed by atoms with Crippen LogP contribution in [-0.2, 0) is 13.5 Å². The number of nitrogens with zero attached hydrogens (tertiary/aromatic N) is 5. The van der Waals surface area contributed by atoms with Gasteiger partial charge in [0, 0.05) is 51.6 Å². The van der Waals surface area contributed by atoms with Crippen LogP contribution in [0.3, 0.4) is 0 Å². The molecule has 1 aliphatic rings. The lowest BCUT2D eigenvalue weighted by molar-refractivity contribution is 0.573. The van der Waals surface area contributed by atoms with E-state index >= 15 is 0 Å². The zero-order valence-electron chi connectivity index (χ0n) is 12.5. The van der Waals surface area contributed by atoms with Crippen molar-refractivity contribution in [1.82, 2.24) is 19.5 Å². The molecule has 3 rings (SSSR count). The molecule has 2 aromatic heterocycles. The normalized spacial score (nSPS) is 15.2. The summed E-state index contributed by atoms with van der Waals surface area (Å²) in [5.41, 5.74) is 0. The molecule has 0 saturated carbocycles. The van der Waals surface area contributed by atoms with E-state index < -0.39 is 0 Å². The largest absolute Gasteiger partial charge is 0.369 e. The number of anilines is 2. The lowest BCUT2D eigenvalue weighted by atomic mass is 10.1. The Labute approximate surface area is 125 Å². The minimum absolute atomic E-state index is 0.821. The molecule has 0 atom stereocenters. The summed E-state index contributed by atoms with van der Waals surface area (Å²) >= 11 is 0. The Morgan fingerprint density at radius 2 is 2.00 bits per heavy atom. The van der Waals surface area contributed by atoms with E-state index in [0.29, 0.717) is 0 Å². The minimum Gasteiger partial charge on any atom is -0.369 e. The van der Waals surface area contributed by atoms with Crippen molar-refractivity contribution in [2.24, 2.45) is 7.05 Å². The molecule has 1 aliphatic heterocycles. The van der Waals surface area contributed by atoms with Gasteiger partial charge in [-0.05, 0) is 19.3 Å². The average Bonchev–Trinajstić information content (AvgIpc) is 2.94. The van der Waals surface area contributed by atoms with Crippen LogP contribution in [0.5, 0.6) is 0 Å². The van der Waals surface area contributed by atoms with Crippen LogP contribution < -0.4 is 10.2 Å². The number of nitrogens with one attached hydrogen (secondary N) is 1. The highest BCUT2D eigenvalue weighted by Crippen LogP contribution is 2.18. The molecular weight excluding hydrogens is 264 g/mol. The first-order valence-corrected chi connectivity index (χ1v) is 7.60. The maximum atomic E-state index is 4.39. The van der Waals surface area contributed by atoms with Gasteiger partial charge in [0.05, 0.1) is 0 Å². The molecule has 1 saturated heterocycles. The summed E-state index contributed by atoms with van der Waals surface area (Å²) < 4.78 is 2.04. The van der Waals surface area contributed by atoms with E-state index in [0.717, 1.165) is 43.5 Å². The van der Waals surface area contributed by atoms with Crippen LogP contribution in [0.4, 0.5) is 11.6 Å². The number of hydrogen-bond acceptors (Lipinski definition) is 5. The fraction of sp³-hybridized carbons (Fsp3) is 0.533. The van der Waals surface area contributed by atoms with Gasteiger partial charge in [0.15, 0.2) is 0 Å². The van der Waals surface area contributed by atoms with Crippen molar-refractivity contribution in [2.75, 3.05) is 29.9 Å². The third-order valence-electron chi connectivity index (χ3n) is 3.91. The lowest BCUT2D eigenvalue weighted by Gasteiger charge is -2.27. The van der Waals surface area contributed by atoms with E-state index in [4.69, 9.17) is 0 Å². The van der Waals surface area contributed by atoms with Crippen molar-refractivity contribution < 1.29 is 0 Å². The Hall–Kier alpha value is -2.11. The van der Waals surface area contributed by atoms with E-state index in [1.807, 2.05) is 30.1 Å². The molecule has 1 fully saturated rings. The topological polar surface area (TPSA) is 58.9 Å². The predicted molar refractivity (Wildman–Crippen MR) is 83.5 cm³/mol. The van der Waals surface area contributed by atoms with Crippen molar-refractivity contribution in [3.8, 4) is 0 Å². The predicted octanol–water partition coefficient (Wildman–Crippen LogP) is 1.85. The quantitative estimate of drug-likeness (QED) is 0.909. The Balaban J connectivity index is 1.57. The summed E-state index contributed by atoms with van der Waals surface area (Å²) in [6.45, 7) is 3.02. The molecule has 0 aliphatic carbocycles. The SMILES string of the molecule is Cn1ccnc1CCNc1cc(N2CCCCC2)ncn1. The summed E-state index contributed by atoms with van der Waals surface area (Å²) in [5, 5.41) is 3.36. The number of hydrogen-bond donors (Lipinski definition) is 1. The molecule has 0 amide bonds. The third-order valence-corrected chi connectivity index (χ3v) is 3.91. The maximum absolute atomic E-state index is 4.39. The smallest absolute Gasteiger partial charge is 0.134 e. The molecule has 6 heteroatoms. The van der Waals surface area contributed by atoms with Crippen molar-refractivity contribution in [3.05, 3.63) is 30.6 Å². The van der Waals surface area contributed by atoms with E-state index in [9.17, 15) is 0 Å². The van der Waals surface area contributed by atoms with Gasteiger partial charge in [-0.25, -0.2) is 15.0 Å². The first kappa shape index (κ1) is 13.9. The van der Waals surface area contributed by atoms with Gasteiger partial charge in [0.2, 0.25) is 0 Å². The molecule has 6 nitrogen and oxygen atoms in total. The third kappa shape index (κ3) is 3.51. The van der Waals surface area contributed by atoms with Crippen LogP contribution in [-0.4, -0.2) is 39.2 Å². The first-order chi connectivity index (χ1) is 10.3. The average molecular weight is 286 g/mol. The molecule has 0 bridgehead atoms. The Kier molecular flexibility index (Phi) is 4.33. The van der Waals surface area contributed by atoms with Gasteiger partial charge in [-0.1, -0.05) is 0 Å². The highest BCUT2D eigenvalue weighted by atomic mass is 15.2. The second kappa shape index (κ2) is 6.56. The van der Waals surface area contributed by atoms with Crippen LogP contribution in [0, 0.1) is 0 Å². The molecule has 3 heterocycles. The van der Waals surface area contributed by atoms with E-state index in [1.165, 1.54) is 19.3 Å². The summed E-state index contributed by atoms with van der Waals surface area (Å²) in [7, 11) is 2.02. The van der Waals surface area contributed by atoms with Gasteiger partial charge in [-0.15, -0.1) is 0 Å². The zero-order valence-corrected chi connectivity index (χ0v) is 12.5. The minimum atomic E-state index is 0.821. The van der Waals surface area contributed by atoms with Crippen molar-refractivity contribution >= 4 is 11.6 Å². The van der Waals surface area contributed by atoms with Crippen LogP contribution in [0.2, 0.25) is 0 Å². The van der Waals surface area contributed by atoms with Gasteiger partial charge >= 0.3 is 0 Å². The molecule has 2 aromatic rings. The van der Waals surface area contributed by atoms with E-state index in [1.54, 1.807) is 6.33 Å². The summed E-state index contributed by atoms with van der Waals surface area (Å²) in [6, 6.07) is 2.05. The van der Waals surface area contributed by atoms with Gasteiger partial charge < -0.3 is 14.8 Å². The monoisotopic (exact) mass is 286 g/mol. The van der Waals surface area contributed by atoms with Crippen LogP contribution in [0.1, 0.15) is 25.1 Å². The molecule has 0 spiro atoms. The standard InChI is InChI=1S/C15H22N6/c1-20-10-7-17-14(20)5-6-16-13-11-15(19-12-18-13)21-8-3-2-4-9-21/h7,10-12H,2-6,8-9H2,1H3,(H,16,18,19). The summed E-state index contributed by atoms with van der Waals surface area (Å²) in [5.74, 6) is 3.00. The lowest BCUT2D eigenvalue weighted by Crippen LogP contribution is -2.30. The number of aromatic nitrogens is 4. The van der Waals surface area contributed by atoms with E-state index in [2.05, 4.69) is 25.2 Å². The summed E-state index contributed by atoms with van der Waals surface area (Å²) in [6.07, 6.45) is 10.2. The van der Waals surface area contributed by atoms with Crippen molar-refractivity contribution in [3.63, 3.8) is 0 Å². The highest BCUT2D eigenvalue weighted by molar-refractivity contribution is 5.48. The van der Waals surface area contributed by atoms with Gasteiger partial charge in [0.1, 0.15) is 23.8 Å². The Bertz CT molecular complexity index is 573. The molecule has 1 N–H and O–H groups in total. The fourth-order valence-electron chi connectivity index (χ4n) is 2.68. The van der Waals surface area contributed by atoms with Gasteiger partial charge in [0.25, 0.3) is 0 Å². The van der Waals surface area contributed by atoms with Crippen LogP contribution >= 0.6 is 0 Å². The highest BCUT2D eigenvalue weighted by Gasteiger charge is 2.12. The second-order valence-electron chi connectivity index (χ2n) is 5.44. The van der Waals surface area contributed by atoms with Crippen molar-refractivity contribution in [2.45, 2.75) is 25.7 Å². The van der Waals surface area contributed by atoms with Crippen LogP contribution in [0.25, 0.3) is 0 Å². The first-order valence-electron chi connectivity index (χ1n) is 7.60.